The van der Waals surface area contributed by atoms with Crippen LogP contribution in [0.2, 0.25) is 0 Å². The number of rotatable bonds is 4. The van der Waals surface area contributed by atoms with Crippen molar-refractivity contribution in [3.63, 3.8) is 0 Å². The van der Waals surface area contributed by atoms with Crippen molar-refractivity contribution in [2.45, 2.75) is 37.8 Å². The van der Waals surface area contributed by atoms with Gasteiger partial charge < -0.3 is 10.1 Å². The molecule has 2 aliphatic heterocycles. The van der Waals surface area contributed by atoms with Crippen molar-refractivity contribution >= 4 is 11.8 Å². The number of thioether (sulfide) groups is 1. The molecule has 0 aliphatic carbocycles. The van der Waals surface area contributed by atoms with Crippen LogP contribution in [-0.4, -0.2) is 35.2 Å². The Bertz CT molecular complexity index is 420. The van der Waals surface area contributed by atoms with Crippen LogP contribution in [0.4, 0.5) is 0 Å². The summed E-state index contributed by atoms with van der Waals surface area (Å²) in [6, 6.07) is 6.60. The Kier molecular flexibility index (Phi) is 4.64. The van der Waals surface area contributed by atoms with Crippen LogP contribution in [0.15, 0.2) is 24.4 Å². The zero-order valence-electron chi connectivity index (χ0n) is 12.2. The van der Waals surface area contributed by atoms with E-state index < -0.39 is 0 Å². The molecule has 0 bridgehead atoms. The lowest BCUT2D eigenvalue weighted by molar-refractivity contribution is -0.0855. The van der Waals surface area contributed by atoms with Gasteiger partial charge in [0.2, 0.25) is 0 Å². The summed E-state index contributed by atoms with van der Waals surface area (Å²) in [6.07, 6.45) is 5.43. The van der Waals surface area contributed by atoms with Gasteiger partial charge in [-0.2, -0.15) is 11.8 Å². The molecule has 3 unspecified atom stereocenters. The summed E-state index contributed by atoms with van der Waals surface area (Å²) < 4.78 is 6.15. The van der Waals surface area contributed by atoms with Crippen molar-refractivity contribution in [1.29, 1.82) is 0 Å². The third-order valence-corrected chi connectivity index (χ3v) is 5.72. The van der Waals surface area contributed by atoms with Gasteiger partial charge in [-0.15, -0.1) is 0 Å². The number of nitrogens with zero attached hydrogens (tertiary/aromatic N) is 1. The van der Waals surface area contributed by atoms with Gasteiger partial charge in [-0.05, 0) is 49.6 Å². The maximum atomic E-state index is 6.15. The molecular weight excluding hydrogens is 268 g/mol. The van der Waals surface area contributed by atoms with E-state index in [2.05, 4.69) is 29.4 Å². The maximum Gasteiger partial charge on any atom is 0.0783 e. The van der Waals surface area contributed by atoms with Crippen LogP contribution >= 0.6 is 11.8 Å². The largest absolute Gasteiger partial charge is 0.374 e. The molecule has 2 aliphatic rings. The Morgan fingerprint density at radius 2 is 2.50 bits per heavy atom. The molecule has 20 heavy (non-hydrogen) atoms. The molecule has 1 aromatic rings. The first-order valence-electron chi connectivity index (χ1n) is 7.69. The predicted molar refractivity (Wildman–Crippen MR) is 84.0 cm³/mol. The second-order valence-electron chi connectivity index (χ2n) is 5.88. The van der Waals surface area contributed by atoms with Gasteiger partial charge in [0.1, 0.15) is 0 Å². The van der Waals surface area contributed by atoms with E-state index in [0.29, 0.717) is 12.0 Å². The van der Waals surface area contributed by atoms with E-state index >= 15 is 0 Å². The van der Waals surface area contributed by atoms with E-state index in [9.17, 15) is 0 Å². The first-order valence-corrected chi connectivity index (χ1v) is 8.84. The van der Waals surface area contributed by atoms with E-state index in [-0.39, 0.29) is 5.60 Å². The zero-order chi connectivity index (χ0) is 13.8. The highest BCUT2D eigenvalue weighted by atomic mass is 32.2. The predicted octanol–water partition coefficient (Wildman–Crippen LogP) is 3.03. The van der Waals surface area contributed by atoms with Crippen molar-refractivity contribution in [3.05, 3.63) is 30.1 Å². The number of aromatic nitrogens is 1. The lowest BCUT2D eigenvalue weighted by Gasteiger charge is -2.41. The topological polar surface area (TPSA) is 34.2 Å². The Hall–Kier alpha value is -0.580. The minimum atomic E-state index is 0.149. The molecule has 2 saturated heterocycles. The number of nitrogens with one attached hydrogen (secondary N) is 1. The smallest absolute Gasteiger partial charge is 0.0783 e. The Morgan fingerprint density at radius 1 is 1.55 bits per heavy atom. The van der Waals surface area contributed by atoms with E-state index in [1.807, 2.05) is 24.0 Å². The molecule has 1 spiro atoms. The molecule has 1 aromatic heterocycles. The SMILES string of the molecule is CCNC(c1ccccn1)C1CCOC2(CCSC2)C1. The van der Waals surface area contributed by atoms with Crippen molar-refractivity contribution < 1.29 is 4.74 Å². The molecule has 110 valence electrons. The quantitative estimate of drug-likeness (QED) is 0.925. The fourth-order valence-electron chi connectivity index (χ4n) is 3.51. The highest BCUT2D eigenvalue weighted by Crippen LogP contribution is 2.43. The maximum absolute atomic E-state index is 6.15. The fourth-order valence-corrected chi connectivity index (χ4v) is 4.88. The molecule has 3 heterocycles. The van der Waals surface area contributed by atoms with Gasteiger partial charge in [-0.25, -0.2) is 0 Å². The lowest BCUT2D eigenvalue weighted by atomic mass is 9.80. The van der Waals surface area contributed by atoms with Gasteiger partial charge in [0.05, 0.1) is 17.3 Å². The average molecular weight is 292 g/mol. The summed E-state index contributed by atoms with van der Waals surface area (Å²) in [5, 5.41) is 3.65. The number of hydrogen-bond donors (Lipinski definition) is 1. The third kappa shape index (κ3) is 3.02. The van der Waals surface area contributed by atoms with E-state index in [4.69, 9.17) is 4.74 Å². The highest BCUT2D eigenvalue weighted by molar-refractivity contribution is 7.99. The molecule has 3 atom stereocenters. The average Bonchev–Trinajstić information content (AvgIpc) is 2.93. The standard InChI is InChI=1S/C16H24N2OS/c1-2-17-15(14-5-3-4-8-18-14)13-6-9-19-16(11-13)7-10-20-12-16/h3-5,8,13,15,17H,2,6-7,9-12H2,1H3. The normalized spacial score (nSPS) is 31.6. The van der Waals surface area contributed by atoms with Crippen LogP contribution in [0, 0.1) is 5.92 Å². The van der Waals surface area contributed by atoms with E-state index in [0.717, 1.165) is 19.6 Å². The van der Waals surface area contributed by atoms with Gasteiger partial charge in [0.25, 0.3) is 0 Å². The van der Waals surface area contributed by atoms with Crippen LogP contribution in [0.3, 0.4) is 0 Å². The molecule has 0 saturated carbocycles. The fraction of sp³-hybridized carbons (Fsp3) is 0.688. The van der Waals surface area contributed by atoms with Crippen molar-refractivity contribution in [2.75, 3.05) is 24.7 Å². The molecule has 3 nitrogen and oxygen atoms in total. The molecular formula is C16H24N2OS. The summed E-state index contributed by atoms with van der Waals surface area (Å²) in [7, 11) is 0. The minimum absolute atomic E-state index is 0.149. The summed E-state index contributed by atoms with van der Waals surface area (Å²) in [6.45, 7) is 4.07. The minimum Gasteiger partial charge on any atom is -0.374 e. The van der Waals surface area contributed by atoms with Crippen molar-refractivity contribution in [2.24, 2.45) is 5.92 Å². The van der Waals surface area contributed by atoms with Crippen molar-refractivity contribution in [1.82, 2.24) is 10.3 Å². The zero-order valence-corrected chi connectivity index (χ0v) is 13.0. The summed E-state index contributed by atoms with van der Waals surface area (Å²) >= 11 is 2.04. The molecule has 1 N–H and O–H groups in total. The van der Waals surface area contributed by atoms with Crippen LogP contribution < -0.4 is 5.32 Å². The number of ether oxygens (including phenoxy) is 1. The lowest BCUT2D eigenvalue weighted by Crippen LogP contribution is -2.44. The number of hydrogen-bond acceptors (Lipinski definition) is 4. The van der Waals surface area contributed by atoms with Crippen LogP contribution in [0.25, 0.3) is 0 Å². The van der Waals surface area contributed by atoms with Crippen molar-refractivity contribution in [3.8, 4) is 0 Å². The van der Waals surface area contributed by atoms with Gasteiger partial charge in [-0.1, -0.05) is 13.0 Å². The molecule has 4 heteroatoms. The van der Waals surface area contributed by atoms with Crippen LogP contribution in [0.5, 0.6) is 0 Å². The highest BCUT2D eigenvalue weighted by Gasteiger charge is 2.42. The molecule has 2 fully saturated rings. The Labute approximate surface area is 125 Å². The summed E-state index contributed by atoms with van der Waals surface area (Å²) in [5.74, 6) is 3.06. The second-order valence-corrected chi connectivity index (χ2v) is 6.98. The summed E-state index contributed by atoms with van der Waals surface area (Å²) in [5.41, 5.74) is 1.33. The number of pyridine rings is 1. The summed E-state index contributed by atoms with van der Waals surface area (Å²) in [4.78, 5) is 4.58. The monoisotopic (exact) mass is 292 g/mol. The van der Waals surface area contributed by atoms with Gasteiger partial charge >= 0.3 is 0 Å². The first-order chi connectivity index (χ1) is 9.83. The van der Waals surface area contributed by atoms with Gasteiger partial charge in [-0.3, -0.25) is 4.98 Å². The van der Waals surface area contributed by atoms with E-state index in [1.165, 1.54) is 30.0 Å². The van der Waals surface area contributed by atoms with Gasteiger partial charge in [0.15, 0.2) is 0 Å². The molecule has 0 radical (unpaired) electrons. The Balaban J connectivity index is 1.77. The van der Waals surface area contributed by atoms with Crippen LogP contribution in [0.1, 0.15) is 37.9 Å². The first kappa shape index (κ1) is 14.4. The third-order valence-electron chi connectivity index (χ3n) is 4.50. The molecule has 3 rings (SSSR count). The molecule has 0 aromatic carbocycles. The Morgan fingerprint density at radius 3 is 3.20 bits per heavy atom. The van der Waals surface area contributed by atoms with E-state index in [1.54, 1.807) is 0 Å². The van der Waals surface area contributed by atoms with Crippen LogP contribution in [-0.2, 0) is 4.74 Å². The van der Waals surface area contributed by atoms with Gasteiger partial charge in [0, 0.05) is 18.6 Å². The molecule has 0 amide bonds. The second kappa shape index (κ2) is 6.46.